The summed E-state index contributed by atoms with van der Waals surface area (Å²) in [5.74, 6) is -0.278. The van der Waals surface area contributed by atoms with Gasteiger partial charge in [-0.25, -0.2) is 0 Å². The highest BCUT2D eigenvalue weighted by atomic mass is 32.1. The van der Waals surface area contributed by atoms with Crippen LogP contribution in [-0.2, 0) is 4.79 Å². The lowest BCUT2D eigenvalue weighted by Gasteiger charge is -1.89. The van der Waals surface area contributed by atoms with Gasteiger partial charge >= 0.3 is 0 Å². The van der Waals surface area contributed by atoms with Gasteiger partial charge in [0, 0.05) is 12.7 Å². The summed E-state index contributed by atoms with van der Waals surface area (Å²) in [6.07, 6.45) is -0.252. The van der Waals surface area contributed by atoms with Crippen LogP contribution in [0.25, 0.3) is 0 Å². The minimum Gasteiger partial charge on any atom is -0.481 e. The van der Waals surface area contributed by atoms with Gasteiger partial charge in [0.2, 0.25) is 0 Å². The second-order valence-electron chi connectivity index (χ2n) is 1.55. The molecule has 0 saturated heterocycles. The number of hydrogen-bond acceptors (Lipinski definition) is 3. The number of carboxylic acid groups (broad SMARTS) is 1. The fraction of sp³-hybridized carbons (Fsp3) is 0.800. The third-order valence-corrected chi connectivity index (χ3v) is 0.793. The van der Waals surface area contributed by atoms with E-state index in [1.54, 1.807) is 6.92 Å². The molecule has 0 aliphatic heterocycles. The predicted molar refractivity (Wildman–Crippen MR) is 38.8 cm³/mol. The van der Waals surface area contributed by atoms with Crippen molar-refractivity contribution in [3.8, 4) is 0 Å². The summed E-state index contributed by atoms with van der Waals surface area (Å²) < 4.78 is 0. The number of hydrogen-bond donors (Lipinski definition) is 3. The second kappa shape index (κ2) is 7.78. The number of aliphatic carboxylic acids is 1. The van der Waals surface area contributed by atoms with Crippen LogP contribution >= 0.6 is 12.6 Å². The van der Waals surface area contributed by atoms with Crippen LogP contribution in [0.3, 0.4) is 0 Å². The highest BCUT2D eigenvalue weighted by Crippen LogP contribution is 1.79. The Hall–Kier alpha value is -0.220. The first-order valence-corrected chi connectivity index (χ1v) is 3.12. The van der Waals surface area contributed by atoms with Gasteiger partial charge in [0.1, 0.15) is 0 Å². The van der Waals surface area contributed by atoms with E-state index in [9.17, 15) is 0 Å². The van der Waals surface area contributed by atoms with Crippen LogP contribution in [-0.4, -0.2) is 28.0 Å². The number of thiol groups is 1. The second-order valence-corrected chi connectivity index (χ2v) is 1.92. The molecule has 0 aliphatic carbocycles. The van der Waals surface area contributed by atoms with Crippen LogP contribution in [0.2, 0.25) is 0 Å². The Kier molecular flexibility index (Phi) is 9.99. The summed E-state index contributed by atoms with van der Waals surface area (Å²) >= 11 is 3.77. The molecule has 0 amide bonds. The van der Waals surface area contributed by atoms with Crippen molar-refractivity contribution >= 4 is 18.6 Å². The smallest absolute Gasteiger partial charge is 0.300 e. The highest BCUT2D eigenvalue weighted by molar-refractivity contribution is 7.80. The highest BCUT2D eigenvalue weighted by Gasteiger charge is 1.82. The minimum atomic E-state index is -0.833. The molecule has 9 heavy (non-hydrogen) atoms. The van der Waals surface area contributed by atoms with Crippen LogP contribution in [0.1, 0.15) is 13.8 Å². The van der Waals surface area contributed by atoms with E-state index < -0.39 is 5.97 Å². The molecule has 0 aromatic rings. The first-order valence-electron chi connectivity index (χ1n) is 2.49. The SMILES string of the molecule is CC(=O)O.CC(O)CS. The third kappa shape index (κ3) is 82.0. The molecule has 4 heteroatoms. The van der Waals surface area contributed by atoms with Crippen molar-refractivity contribution in [1.29, 1.82) is 0 Å². The zero-order valence-electron chi connectivity index (χ0n) is 5.53. The fourth-order valence-electron chi connectivity index (χ4n) is 0. The Labute approximate surface area is 60.1 Å². The van der Waals surface area contributed by atoms with Crippen molar-refractivity contribution in [1.82, 2.24) is 0 Å². The number of carboxylic acids is 1. The minimum absolute atomic E-state index is 0.252. The molecule has 0 aromatic heterocycles. The lowest BCUT2D eigenvalue weighted by molar-refractivity contribution is -0.134. The molecule has 0 aromatic carbocycles. The van der Waals surface area contributed by atoms with E-state index in [0.717, 1.165) is 6.92 Å². The van der Waals surface area contributed by atoms with Gasteiger partial charge < -0.3 is 10.2 Å². The summed E-state index contributed by atoms with van der Waals surface area (Å²) in [5, 5.41) is 15.7. The zero-order valence-corrected chi connectivity index (χ0v) is 6.43. The average molecular weight is 152 g/mol. The van der Waals surface area contributed by atoms with Gasteiger partial charge in [-0.05, 0) is 6.92 Å². The predicted octanol–water partition coefficient (Wildman–Crippen LogP) is 0.388. The molecule has 1 unspecified atom stereocenters. The lowest BCUT2D eigenvalue weighted by Crippen LogP contribution is -1.98. The van der Waals surface area contributed by atoms with Crippen molar-refractivity contribution in [3.05, 3.63) is 0 Å². The molecule has 0 radical (unpaired) electrons. The molecule has 0 aliphatic rings. The van der Waals surface area contributed by atoms with E-state index in [1.807, 2.05) is 0 Å². The maximum absolute atomic E-state index is 9.00. The molecule has 56 valence electrons. The molecule has 3 nitrogen and oxygen atoms in total. The Bertz CT molecular complexity index is 68.6. The molecule has 0 fully saturated rings. The molecule has 0 heterocycles. The molecular weight excluding hydrogens is 140 g/mol. The molecule has 1 atom stereocenters. The number of rotatable bonds is 1. The monoisotopic (exact) mass is 152 g/mol. The van der Waals surface area contributed by atoms with E-state index in [4.69, 9.17) is 15.0 Å². The maximum atomic E-state index is 9.00. The van der Waals surface area contributed by atoms with Crippen molar-refractivity contribution in [2.24, 2.45) is 0 Å². The topological polar surface area (TPSA) is 57.5 Å². The van der Waals surface area contributed by atoms with Crippen molar-refractivity contribution in [2.75, 3.05) is 5.75 Å². The van der Waals surface area contributed by atoms with Crippen LogP contribution in [0, 0.1) is 0 Å². The largest absolute Gasteiger partial charge is 0.481 e. The van der Waals surface area contributed by atoms with Crippen LogP contribution < -0.4 is 0 Å². The van der Waals surface area contributed by atoms with Gasteiger partial charge in [0.15, 0.2) is 0 Å². The van der Waals surface area contributed by atoms with Crippen LogP contribution in [0.4, 0.5) is 0 Å². The third-order valence-electron chi connectivity index (χ3n) is 0.264. The molecular formula is C5H12O3S. The van der Waals surface area contributed by atoms with Gasteiger partial charge in [-0.15, -0.1) is 0 Å². The van der Waals surface area contributed by atoms with E-state index in [0.29, 0.717) is 5.75 Å². The van der Waals surface area contributed by atoms with Gasteiger partial charge in [-0.1, -0.05) is 0 Å². The molecule has 0 bridgehead atoms. The fourth-order valence-corrected chi connectivity index (χ4v) is 0. The summed E-state index contributed by atoms with van der Waals surface area (Å²) in [5.41, 5.74) is 0. The Morgan fingerprint density at radius 3 is 1.89 bits per heavy atom. The Morgan fingerprint density at radius 2 is 1.89 bits per heavy atom. The molecule has 0 rings (SSSR count). The van der Waals surface area contributed by atoms with E-state index in [2.05, 4.69) is 12.6 Å². The normalized spacial score (nSPS) is 11.1. The maximum Gasteiger partial charge on any atom is 0.300 e. The van der Waals surface area contributed by atoms with Gasteiger partial charge in [-0.2, -0.15) is 12.6 Å². The summed E-state index contributed by atoms with van der Waals surface area (Å²) in [7, 11) is 0. The lowest BCUT2D eigenvalue weighted by atomic mass is 10.5. The average Bonchev–Trinajstić information content (AvgIpc) is 1.65. The van der Waals surface area contributed by atoms with Crippen molar-refractivity contribution in [3.63, 3.8) is 0 Å². The standard InChI is InChI=1S/C3H8OS.C2H4O2/c1-3(4)2-5;1-2(3)4/h3-5H,2H2,1H3;1H3,(H,3,4). The summed E-state index contributed by atoms with van der Waals surface area (Å²) in [6, 6.07) is 0. The van der Waals surface area contributed by atoms with Gasteiger partial charge in [0.05, 0.1) is 6.10 Å². The number of aliphatic hydroxyl groups is 1. The molecule has 0 spiro atoms. The van der Waals surface area contributed by atoms with E-state index in [-0.39, 0.29) is 6.10 Å². The molecule has 2 N–H and O–H groups in total. The first-order chi connectivity index (χ1) is 4.00. The number of carbonyl (C=O) groups is 1. The van der Waals surface area contributed by atoms with Crippen molar-refractivity contribution < 1.29 is 15.0 Å². The quantitative estimate of drug-likeness (QED) is 0.476. The van der Waals surface area contributed by atoms with E-state index >= 15 is 0 Å². The zero-order chi connectivity index (χ0) is 7.86. The van der Waals surface area contributed by atoms with Gasteiger partial charge in [-0.3, -0.25) is 4.79 Å². The Balaban J connectivity index is 0. The molecule has 0 saturated carbocycles. The Morgan fingerprint density at radius 1 is 1.78 bits per heavy atom. The van der Waals surface area contributed by atoms with Crippen LogP contribution in [0.15, 0.2) is 0 Å². The number of aliphatic hydroxyl groups excluding tert-OH is 1. The van der Waals surface area contributed by atoms with E-state index in [1.165, 1.54) is 0 Å². The summed E-state index contributed by atoms with van der Waals surface area (Å²) in [6.45, 7) is 2.78. The van der Waals surface area contributed by atoms with Crippen molar-refractivity contribution in [2.45, 2.75) is 20.0 Å². The first kappa shape index (κ1) is 11.6. The van der Waals surface area contributed by atoms with Gasteiger partial charge in [0.25, 0.3) is 5.97 Å². The summed E-state index contributed by atoms with van der Waals surface area (Å²) in [4.78, 5) is 9.00. The van der Waals surface area contributed by atoms with Crippen LogP contribution in [0.5, 0.6) is 0 Å².